The number of nitrogens with zero attached hydrogens (tertiary/aromatic N) is 4. The van der Waals surface area contributed by atoms with Crippen LogP contribution < -0.4 is 15.0 Å². The van der Waals surface area contributed by atoms with E-state index in [0.717, 1.165) is 44.3 Å². The fraction of sp³-hybridized carbons (Fsp3) is 0.316. The fourth-order valence-electron chi connectivity index (χ4n) is 5.57. The Hall–Kier alpha value is -4.63. The highest BCUT2D eigenvalue weighted by molar-refractivity contribution is 7.22. The van der Waals surface area contributed by atoms with Crippen LogP contribution in [-0.2, 0) is 19.4 Å². The highest BCUT2D eigenvalue weighted by atomic mass is 32.1. The highest BCUT2D eigenvalue weighted by Crippen LogP contribution is 2.34. The number of aromatic nitrogens is 2. The zero-order chi connectivity index (χ0) is 34.5. The minimum atomic E-state index is -0.453. The van der Waals surface area contributed by atoms with Gasteiger partial charge in [0.1, 0.15) is 5.69 Å². The van der Waals surface area contributed by atoms with Crippen LogP contribution in [0.1, 0.15) is 62.7 Å². The summed E-state index contributed by atoms with van der Waals surface area (Å²) in [4.78, 5) is 41.2. The van der Waals surface area contributed by atoms with E-state index in [1.165, 1.54) is 28.7 Å². The molecule has 0 atom stereocenters. The van der Waals surface area contributed by atoms with Crippen molar-refractivity contribution in [1.29, 1.82) is 0 Å². The molecule has 252 valence electrons. The molecule has 8 nitrogen and oxygen atoms in total. The monoisotopic (exact) mass is 695 g/mol. The summed E-state index contributed by atoms with van der Waals surface area (Å²) in [5.41, 5.74) is 4.61. The number of rotatable bonds is 11. The lowest BCUT2D eigenvalue weighted by atomic mass is 9.94. The van der Waals surface area contributed by atoms with Crippen molar-refractivity contribution in [1.82, 2.24) is 14.9 Å². The van der Waals surface area contributed by atoms with Crippen molar-refractivity contribution >= 4 is 54.8 Å². The second kappa shape index (κ2) is 15.3. The first kappa shape index (κ1) is 34.2. The van der Waals surface area contributed by atoms with Crippen LogP contribution >= 0.6 is 22.7 Å². The number of hydrogen-bond donors (Lipinski definition) is 1. The van der Waals surface area contributed by atoms with Gasteiger partial charge in [-0.25, -0.2) is 14.4 Å². The van der Waals surface area contributed by atoms with E-state index >= 15 is 0 Å². The second-order valence-electron chi connectivity index (χ2n) is 12.5. The largest absolute Gasteiger partial charge is 0.491 e. The van der Waals surface area contributed by atoms with Crippen LogP contribution in [-0.4, -0.2) is 60.4 Å². The molecular formula is C38H38FN5O3S2. The van der Waals surface area contributed by atoms with Gasteiger partial charge in [-0.05, 0) is 80.9 Å². The Morgan fingerprint density at radius 2 is 1.92 bits per heavy atom. The smallest absolute Gasteiger partial charge is 0.257 e. The van der Waals surface area contributed by atoms with Crippen molar-refractivity contribution in [2.24, 2.45) is 5.92 Å². The molecule has 0 fully saturated rings. The highest BCUT2D eigenvalue weighted by Gasteiger charge is 2.27. The van der Waals surface area contributed by atoms with Crippen molar-refractivity contribution in [3.63, 3.8) is 0 Å². The summed E-state index contributed by atoms with van der Waals surface area (Å²) < 4.78 is 21.5. The molecule has 49 heavy (non-hydrogen) atoms. The zero-order valence-electron chi connectivity index (χ0n) is 28.0. The number of halogens is 1. The third-order valence-electron chi connectivity index (χ3n) is 8.11. The zero-order valence-corrected chi connectivity index (χ0v) is 29.6. The Bertz CT molecular complexity index is 2030. The summed E-state index contributed by atoms with van der Waals surface area (Å²) in [6.45, 7) is 5.85. The second-order valence-corrected chi connectivity index (χ2v) is 14.6. The van der Waals surface area contributed by atoms with E-state index in [1.807, 2.05) is 69.2 Å². The summed E-state index contributed by atoms with van der Waals surface area (Å²) in [5.74, 6) is 5.28. The molecule has 0 saturated heterocycles. The number of anilines is 2. The molecule has 0 spiro atoms. The van der Waals surface area contributed by atoms with Gasteiger partial charge in [-0.1, -0.05) is 61.3 Å². The van der Waals surface area contributed by atoms with E-state index in [4.69, 9.17) is 9.72 Å². The van der Waals surface area contributed by atoms with E-state index in [9.17, 15) is 14.0 Å². The van der Waals surface area contributed by atoms with Crippen LogP contribution in [0.4, 0.5) is 14.7 Å². The van der Waals surface area contributed by atoms with Gasteiger partial charge in [-0.3, -0.25) is 19.8 Å². The number of benzene rings is 3. The van der Waals surface area contributed by atoms with Gasteiger partial charge in [0.25, 0.3) is 5.91 Å². The number of para-hydroxylation sites is 1. The number of thiazole rings is 2. The Labute approximate surface area is 294 Å². The minimum absolute atomic E-state index is 0.0104. The molecule has 1 N–H and O–H groups in total. The third-order valence-corrected chi connectivity index (χ3v) is 10.2. The predicted molar refractivity (Wildman–Crippen MR) is 196 cm³/mol. The van der Waals surface area contributed by atoms with Gasteiger partial charge in [0.2, 0.25) is 0 Å². The molecular weight excluding hydrogens is 658 g/mol. The SMILES string of the molecule is CC(C)C(=O)c1nc(N2CCc3cccc(C(=O)Nc4nc5ccccc5s4)c3C2)sc1CCCOc1ccc(C#CCN(C)C)cc1F. The van der Waals surface area contributed by atoms with Crippen molar-refractivity contribution in [2.75, 3.05) is 44.0 Å². The molecule has 0 saturated carbocycles. The maximum absolute atomic E-state index is 14.7. The van der Waals surface area contributed by atoms with Gasteiger partial charge in [0.15, 0.2) is 27.6 Å². The lowest BCUT2D eigenvalue weighted by Crippen LogP contribution is -2.32. The van der Waals surface area contributed by atoms with Gasteiger partial charge >= 0.3 is 0 Å². The maximum Gasteiger partial charge on any atom is 0.257 e. The molecule has 3 heterocycles. The number of ether oxygens (including phenoxy) is 1. The average Bonchev–Trinajstić information content (AvgIpc) is 3.70. The number of amides is 1. The number of fused-ring (bicyclic) bond motifs is 2. The van der Waals surface area contributed by atoms with E-state index in [2.05, 4.69) is 33.1 Å². The third kappa shape index (κ3) is 8.16. The Morgan fingerprint density at radius 1 is 1.08 bits per heavy atom. The summed E-state index contributed by atoms with van der Waals surface area (Å²) >= 11 is 2.95. The van der Waals surface area contributed by atoms with E-state index in [-0.39, 0.29) is 30.0 Å². The van der Waals surface area contributed by atoms with Gasteiger partial charge in [0.05, 0.1) is 23.4 Å². The first-order valence-electron chi connectivity index (χ1n) is 16.3. The Kier molecular flexibility index (Phi) is 10.7. The van der Waals surface area contributed by atoms with Crippen molar-refractivity contribution in [3.05, 3.63) is 99.3 Å². The van der Waals surface area contributed by atoms with Crippen LogP contribution in [0.2, 0.25) is 0 Å². The summed E-state index contributed by atoms with van der Waals surface area (Å²) in [5, 5.41) is 4.32. The van der Waals surface area contributed by atoms with Gasteiger partial charge in [-0.15, -0.1) is 11.3 Å². The normalized spacial score (nSPS) is 12.6. The van der Waals surface area contributed by atoms with Crippen molar-refractivity contribution < 1.29 is 18.7 Å². The van der Waals surface area contributed by atoms with Gasteiger partial charge < -0.3 is 9.64 Å². The Balaban J connectivity index is 1.14. The molecule has 1 aliphatic rings. The lowest BCUT2D eigenvalue weighted by Gasteiger charge is -2.29. The van der Waals surface area contributed by atoms with Crippen LogP contribution in [0.5, 0.6) is 5.75 Å². The number of ketones is 1. The molecule has 11 heteroatoms. The summed E-state index contributed by atoms with van der Waals surface area (Å²) in [6.07, 6.45) is 1.91. The van der Waals surface area contributed by atoms with Gasteiger partial charge in [0, 0.05) is 35.0 Å². The summed E-state index contributed by atoms with van der Waals surface area (Å²) in [6, 6.07) is 18.4. The standard InChI is InChI=1S/C38H38FN5O3S2/c1-24(2)35(45)34-33(15-9-21-47-31-17-16-25(22-29(31)39)10-8-19-43(3)4)49-38(41-34)44-20-18-26-11-7-12-27(28(26)23-44)36(46)42-37-40-30-13-5-6-14-32(30)48-37/h5-7,11-14,16-17,22,24H,9,15,18-21,23H2,1-4H3,(H,40,42,46). The van der Waals surface area contributed by atoms with Gasteiger partial charge in [-0.2, -0.15) is 0 Å². The minimum Gasteiger partial charge on any atom is -0.491 e. The molecule has 3 aromatic carbocycles. The van der Waals surface area contributed by atoms with Crippen LogP contribution in [0, 0.1) is 23.6 Å². The quantitative estimate of drug-likeness (QED) is 0.0872. The molecule has 0 aliphatic carbocycles. The topological polar surface area (TPSA) is 87.7 Å². The van der Waals surface area contributed by atoms with E-state index < -0.39 is 5.82 Å². The molecule has 5 aromatic rings. The number of carbonyl (C=O) groups excluding carboxylic acids is 2. The molecule has 2 aromatic heterocycles. The molecule has 0 radical (unpaired) electrons. The predicted octanol–water partition coefficient (Wildman–Crippen LogP) is 7.47. The first-order valence-corrected chi connectivity index (χ1v) is 17.9. The Morgan fingerprint density at radius 3 is 2.69 bits per heavy atom. The molecule has 0 bridgehead atoms. The molecule has 0 unspecified atom stereocenters. The van der Waals surface area contributed by atoms with Crippen LogP contribution in [0.25, 0.3) is 10.2 Å². The van der Waals surface area contributed by atoms with Crippen molar-refractivity contribution in [2.45, 2.75) is 39.7 Å². The number of hydrogen-bond acceptors (Lipinski definition) is 9. The first-order chi connectivity index (χ1) is 23.7. The molecule has 6 rings (SSSR count). The number of aryl methyl sites for hydroxylation is 1. The van der Waals surface area contributed by atoms with Crippen LogP contribution in [0.3, 0.4) is 0 Å². The lowest BCUT2D eigenvalue weighted by molar-refractivity contribution is 0.0933. The number of carbonyl (C=O) groups is 2. The van der Waals surface area contributed by atoms with Crippen LogP contribution in [0.15, 0.2) is 60.7 Å². The van der Waals surface area contributed by atoms with E-state index in [1.54, 1.807) is 12.1 Å². The molecule has 1 amide bonds. The van der Waals surface area contributed by atoms with E-state index in [0.29, 0.717) is 47.9 Å². The number of Topliss-reactive ketones (excluding diaryl/α,β-unsaturated/α-hetero) is 1. The summed E-state index contributed by atoms with van der Waals surface area (Å²) in [7, 11) is 3.86. The van der Waals surface area contributed by atoms with Crippen molar-refractivity contribution in [3.8, 4) is 17.6 Å². The number of nitrogens with one attached hydrogen (secondary N) is 1. The fourth-order valence-corrected chi connectivity index (χ4v) is 7.56. The molecule has 1 aliphatic heterocycles. The average molecular weight is 696 g/mol. The maximum atomic E-state index is 14.7.